The minimum atomic E-state index is -0.854. The number of ether oxygens (including phenoxy) is 2. The van der Waals surface area contributed by atoms with E-state index in [9.17, 15) is 14.4 Å². The van der Waals surface area contributed by atoms with E-state index in [0.717, 1.165) is 16.0 Å². The van der Waals surface area contributed by atoms with Gasteiger partial charge in [-0.25, -0.2) is 4.79 Å². The van der Waals surface area contributed by atoms with E-state index in [1.807, 2.05) is 37.3 Å². The summed E-state index contributed by atoms with van der Waals surface area (Å²) in [5.74, 6) is -0.933. The Morgan fingerprint density at radius 2 is 1.65 bits per heavy atom. The van der Waals surface area contributed by atoms with Crippen molar-refractivity contribution in [3.63, 3.8) is 0 Å². The van der Waals surface area contributed by atoms with E-state index in [1.54, 1.807) is 56.3 Å². The van der Waals surface area contributed by atoms with Crippen LogP contribution in [0.5, 0.6) is 5.75 Å². The summed E-state index contributed by atoms with van der Waals surface area (Å²) < 4.78 is 11.0. The van der Waals surface area contributed by atoms with Crippen LogP contribution in [0.3, 0.4) is 0 Å². The molecular weight excluding hydrogens is 571 g/mol. The third kappa shape index (κ3) is 6.83. The van der Waals surface area contributed by atoms with Gasteiger partial charge in [0, 0.05) is 21.0 Å². The number of carbonyl (C=O) groups excluding carboxylic acids is 3. The number of halogens is 2. The minimum Gasteiger partial charge on any atom is -0.481 e. The molecule has 0 fully saturated rings. The summed E-state index contributed by atoms with van der Waals surface area (Å²) >= 11 is 13.4. The monoisotopic (exact) mass is 596 g/mol. The van der Waals surface area contributed by atoms with E-state index in [4.69, 9.17) is 32.7 Å². The first-order valence-corrected chi connectivity index (χ1v) is 13.9. The highest BCUT2D eigenvalue weighted by molar-refractivity contribution is 7.17. The molecule has 2 amide bonds. The fraction of sp³-hybridized carbons (Fsp3) is 0.167. The average Bonchev–Trinajstić information content (AvgIpc) is 3.26. The predicted molar refractivity (Wildman–Crippen MR) is 160 cm³/mol. The topological polar surface area (TPSA) is 93.7 Å². The van der Waals surface area contributed by atoms with Crippen molar-refractivity contribution in [3.05, 3.63) is 98.8 Å². The van der Waals surface area contributed by atoms with Crippen LogP contribution in [0.25, 0.3) is 11.1 Å². The van der Waals surface area contributed by atoms with Gasteiger partial charge in [-0.15, -0.1) is 11.3 Å². The van der Waals surface area contributed by atoms with Gasteiger partial charge < -0.3 is 20.1 Å². The number of carbonyl (C=O) groups is 3. The van der Waals surface area contributed by atoms with Crippen LogP contribution in [0.2, 0.25) is 10.0 Å². The van der Waals surface area contributed by atoms with Gasteiger partial charge in [0.15, 0.2) is 6.10 Å². The first kappa shape index (κ1) is 29.1. The van der Waals surface area contributed by atoms with Crippen LogP contribution in [0.4, 0.5) is 10.7 Å². The largest absolute Gasteiger partial charge is 0.481 e. The maximum atomic E-state index is 13.1. The van der Waals surface area contributed by atoms with Crippen molar-refractivity contribution in [2.75, 3.05) is 17.2 Å². The number of amides is 2. The van der Waals surface area contributed by atoms with Crippen molar-refractivity contribution in [3.8, 4) is 16.9 Å². The number of aryl methyl sites for hydroxylation is 1. The Morgan fingerprint density at radius 1 is 0.950 bits per heavy atom. The molecule has 1 aromatic heterocycles. The molecule has 206 valence electrons. The molecule has 0 aliphatic rings. The normalized spacial score (nSPS) is 11.4. The van der Waals surface area contributed by atoms with Crippen molar-refractivity contribution >= 4 is 63.0 Å². The van der Waals surface area contributed by atoms with Crippen LogP contribution in [-0.4, -0.2) is 30.5 Å². The molecule has 0 unspecified atom stereocenters. The number of benzene rings is 3. The van der Waals surface area contributed by atoms with Crippen molar-refractivity contribution < 1.29 is 23.9 Å². The van der Waals surface area contributed by atoms with Gasteiger partial charge >= 0.3 is 5.97 Å². The van der Waals surface area contributed by atoms with E-state index < -0.39 is 23.9 Å². The maximum Gasteiger partial charge on any atom is 0.341 e. The Kier molecular flexibility index (Phi) is 9.47. The van der Waals surface area contributed by atoms with Crippen molar-refractivity contribution in [2.24, 2.45) is 0 Å². The molecule has 0 spiro atoms. The van der Waals surface area contributed by atoms with Crippen molar-refractivity contribution in [1.29, 1.82) is 0 Å². The molecule has 3 aromatic carbocycles. The third-order valence-corrected chi connectivity index (χ3v) is 7.42. The molecule has 7 nitrogen and oxygen atoms in total. The molecule has 4 rings (SSSR count). The highest BCUT2D eigenvalue weighted by Crippen LogP contribution is 2.40. The second-order valence-corrected chi connectivity index (χ2v) is 10.7. The van der Waals surface area contributed by atoms with Gasteiger partial charge in [-0.05, 0) is 68.8 Å². The van der Waals surface area contributed by atoms with E-state index in [1.165, 1.54) is 11.3 Å². The number of nitrogens with one attached hydrogen (secondary N) is 2. The second-order valence-electron chi connectivity index (χ2n) is 8.68. The van der Waals surface area contributed by atoms with Gasteiger partial charge in [0.05, 0.1) is 17.3 Å². The van der Waals surface area contributed by atoms with Gasteiger partial charge in [0.2, 0.25) is 0 Å². The predicted octanol–water partition coefficient (Wildman–Crippen LogP) is 7.87. The highest BCUT2D eigenvalue weighted by atomic mass is 35.5. The quantitative estimate of drug-likeness (QED) is 0.192. The molecule has 0 bridgehead atoms. The fourth-order valence-corrected chi connectivity index (χ4v) is 5.32. The standard InChI is InChI=1S/C30H26Cl2N2O5S/c1-4-38-30(37)26-25(19-8-6-5-7-9-19)18(3)40-29(26)34-28(36)20-10-13-22(14-11-20)39-17(2)27(35)33-24-16-21(31)12-15-23(24)32/h5-17H,4H2,1-3H3,(H,33,35)(H,34,36)/t17-/m1/s1. The van der Waals surface area contributed by atoms with Crippen LogP contribution in [0.1, 0.15) is 39.4 Å². The smallest absolute Gasteiger partial charge is 0.341 e. The molecule has 0 aliphatic carbocycles. The van der Waals surface area contributed by atoms with Gasteiger partial charge in [0.25, 0.3) is 11.8 Å². The second kappa shape index (κ2) is 13.0. The Morgan fingerprint density at radius 3 is 2.33 bits per heavy atom. The van der Waals surface area contributed by atoms with Gasteiger partial charge in [0.1, 0.15) is 16.3 Å². The Hall–Kier alpha value is -3.85. The molecule has 10 heteroatoms. The maximum absolute atomic E-state index is 13.1. The highest BCUT2D eigenvalue weighted by Gasteiger charge is 2.26. The lowest BCUT2D eigenvalue weighted by Crippen LogP contribution is -2.30. The number of hydrogen-bond acceptors (Lipinski definition) is 6. The zero-order valence-corrected chi connectivity index (χ0v) is 24.2. The molecule has 40 heavy (non-hydrogen) atoms. The fourth-order valence-electron chi connectivity index (χ4n) is 3.93. The molecule has 4 aromatic rings. The van der Waals surface area contributed by atoms with E-state index >= 15 is 0 Å². The molecule has 1 heterocycles. The molecule has 0 aliphatic heterocycles. The van der Waals surface area contributed by atoms with Crippen LogP contribution < -0.4 is 15.4 Å². The zero-order chi connectivity index (χ0) is 28.8. The van der Waals surface area contributed by atoms with E-state index in [0.29, 0.717) is 37.6 Å². The summed E-state index contributed by atoms with van der Waals surface area (Å²) in [4.78, 5) is 39.5. The summed E-state index contributed by atoms with van der Waals surface area (Å²) in [5, 5.41) is 6.75. The number of thiophene rings is 1. The molecule has 0 saturated carbocycles. The molecule has 1 atom stereocenters. The number of esters is 1. The van der Waals surface area contributed by atoms with Crippen molar-refractivity contribution in [1.82, 2.24) is 0 Å². The third-order valence-electron chi connectivity index (χ3n) is 5.84. The summed E-state index contributed by atoms with van der Waals surface area (Å²) in [6.45, 7) is 5.43. The summed E-state index contributed by atoms with van der Waals surface area (Å²) in [6.07, 6.45) is -0.854. The lowest BCUT2D eigenvalue weighted by atomic mass is 10.0. The Labute approximate surface area is 246 Å². The van der Waals surface area contributed by atoms with Crippen LogP contribution >= 0.6 is 34.5 Å². The van der Waals surface area contributed by atoms with Crippen LogP contribution in [0, 0.1) is 6.92 Å². The van der Waals surface area contributed by atoms with Crippen LogP contribution in [0.15, 0.2) is 72.8 Å². The zero-order valence-electron chi connectivity index (χ0n) is 21.9. The van der Waals surface area contributed by atoms with Gasteiger partial charge in [-0.1, -0.05) is 53.5 Å². The first-order chi connectivity index (χ1) is 19.2. The van der Waals surface area contributed by atoms with E-state index in [2.05, 4.69) is 10.6 Å². The lowest BCUT2D eigenvalue weighted by Gasteiger charge is -2.16. The number of hydrogen-bond donors (Lipinski definition) is 2. The lowest BCUT2D eigenvalue weighted by molar-refractivity contribution is -0.122. The van der Waals surface area contributed by atoms with E-state index in [-0.39, 0.29) is 6.61 Å². The summed E-state index contributed by atoms with van der Waals surface area (Å²) in [6, 6.07) is 20.6. The molecule has 2 N–H and O–H groups in total. The first-order valence-electron chi connectivity index (χ1n) is 12.4. The Bertz CT molecular complexity index is 1540. The molecular formula is C30H26Cl2N2O5S. The summed E-state index contributed by atoms with van der Waals surface area (Å²) in [5.41, 5.74) is 2.63. The minimum absolute atomic E-state index is 0.208. The average molecular weight is 598 g/mol. The molecule has 0 saturated heterocycles. The SMILES string of the molecule is CCOC(=O)c1c(NC(=O)c2ccc(O[C@H](C)C(=O)Nc3cc(Cl)ccc3Cl)cc2)sc(C)c1-c1ccccc1. The van der Waals surface area contributed by atoms with Gasteiger partial charge in [-0.2, -0.15) is 0 Å². The number of anilines is 2. The van der Waals surface area contributed by atoms with Gasteiger partial charge in [-0.3, -0.25) is 9.59 Å². The summed E-state index contributed by atoms with van der Waals surface area (Å²) in [7, 11) is 0. The Balaban J connectivity index is 1.47. The van der Waals surface area contributed by atoms with Crippen molar-refractivity contribution in [2.45, 2.75) is 26.9 Å². The number of rotatable bonds is 9. The van der Waals surface area contributed by atoms with Crippen LogP contribution in [-0.2, 0) is 9.53 Å². The molecule has 0 radical (unpaired) electrons.